The van der Waals surface area contributed by atoms with Crippen LogP contribution in [0, 0.1) is 6.92 Å². The number of pyridine rings is 1. The number of fused-ring (bicyclic) bond motifs is 1. The van der Waals surface area contributed by atoms with Gasteiger partial charge in [-0.3, -0.25) is 9.36 Å². The molecule has 11 heteroatoms. The van der Waals surface area contributed by atoms with Crippen LogP contribution in [-0.2, 0) is 21.1 Å². The van der Waals surface area contributed by atoms with E-state index < -0.39 is 9.84 Å². The number of aryl methyl sites for hydroxylation is 1. The Balaban J connectivity index is 1.42. The molecule has 1 unspecified atom stereocenters. The number of anilines is 2. The first-order chi connectivity index (χ1) is 19.8. The summed E-state index contributed by atoms with van der Waals surface area (Å²) in [6.07, 6.45) is 2.87. The highest BCUT2D eigenvalue weighted by molar-refractivity contribution is 7.90. The normalized spacial score (nSPS) is 15.7. The van der Waals surface area contributed by atoms with E-state index in [2.05, 4.69) is 15.6 Å². The number of thiophene rings is 1. The van der Waals surface area contributed by atoms with Gasteiger partial charge in [0.2, 0.25) is 5.95 Å². The quantitative estimate of drug-likeness (QED) is 0.282. The summed E-state index contributed by atoms with van der Waals surface area (Å²) in [6.45, 7) is 4.31. The number of ether oxygens (including phenoxy) is 1. The van der Waals surface area contributed by atoms with Gasteiger partial charge in [-0.2, -0.15) is 4.98 Å². The number of hydrogen-bond donors (Lipinski definition) is 2. The molecule has 1 aliphatic heterocycles. The summed E-state index contributed by atoms with van der Waals surface area (Å²) in [5.74, 6) is 0.324. The standard InChI is InChI=1S/C30H29N5O4S2/c1-19-11-14-40-27(19)24-15-22-16-32-30(33-23-9-7-20(8-10-23)25-17-31-12-13-39-25)34-28(22)35(29(24)36)18-21-5-3-4-6-26(21)41(2,37)38/h3-11,14-16,25,31H,12-13,17-18H2,1-2H3,(H,32,33,34). The molecular weight excluding hydrogens is 558 g/mol. The van der Waals surface area contributed by atoms with Gasteiger partial charge in [0.25, 0.3) is 5.56 Å². The van der Waals surface area contributed by atoms with Crippen molar-refractivity contribution in [3.05, 3.63) is 99.3 Å². The summed E-state index contributed by atoms with van der Waals surface area (Å²) in [6, 6.07) is 18.4. The zero-order chi connectivity index (χ0) is 28.6. The number of nitrogens with zero attached hydrogens (tertiary/aromatic N) is 3. The van der Waals surface area contributed by atoms with Crippen molar-refractivity contribution >= 4 is 43.8 Å². The average molecular weight is 588 g/mol. The predicted molar refractivity (Wildman–Crippen MR) is 162 cm³/mol. The zero-order valence-electron chi connectivity index (χ0n) is 22.6. The Kier molecular flexibility index (Phi) is 7.43. The Hall–Kier alpha value is -3.90. The number of nitrogens with one attached hydrogen (secondary N) is 2. The maximum Gasteiger partial charge on any atom is 0.261 e. The molecule has 41 heavy (non-hydrogen) atoms. The van der Waals surface area contributed by atoms with Crippen molar-refractivity contribution < 1.29 is 13.2 Å². The summed E-state index contributed by atoms with van der Waals surface area (Å²) in [7, 11) is -3.51. The molecule has 2 N–H and O–H groups in total. The molecule has 2 aromatic carbocycles. The van der Waals surface area contributed by atoms with Gasteiger partial charge < -0.3 is 15.4 Å². The molecule has 1 saturated heterocycles. The van der Waals surface area contributed by atoms with Crippen molar-refractivity contribution in [3.8, 4) is 10.4 Å². The van der Waals surface area contributed by atoms with E-state index in [4.69, 9.17) is 9.72 Å². The first kappa shape index (κ1) is 27.3. The lowest BCUT2D eigenvalue weighted by Gasteiger charge is -2.24. The third-order valence-corrected chi connectivity index (χ3v) is 9.35. The van der Waals surface area contributed by atoms with E-state index in [1.807, 2.05) is 48.7 Å². The summed E-state index contributed by atoms with van der Waals surface area (Å²) in [5, 5.41) is 9.19. The molecule has 0 saturated carbocycles. The van der Waals surface area contributed by atoms with Gasteiger partial charge in [0.05, 0.1) is 29.7 Å². The van der Waals surface area contributed by atoms with Crippen molar-refractivity contribution in [2.75, 3.05) is 31.3 Å². The molecule has 0 spiro atoms. The zero-order valence-corrected chi connectivity index (χ0v) is 24.3. The van der Waals surface area contributed by atoms with Crippen LogP contribution in [0.4, 0.5) is 11.6 Å². The molecule has 1 aliphatic rings. The Morgan fingerprint density at radius 1 is 1.15 bits per heavy atom. The smallest absolute Gasteiger partial charge is 0.261 e. The molecule has 0 aliphatic carbocycles. The molecule has 4 heterocycles. The third kappa shape index (κ3) is 5.66. The lowest BCUT2D eigenvalue weighted by molar-refractivity contribution is 0.0277. The number of benzene rings is 2. The summed E-state index contributed by atoms with van der Waals surface area (Å²) < 4.78 is 32.5. The molecule has 0 bridgehead atoms. The van der Waals surface area contributed by atoms with Gasteiger partial charge in [0.1, 0.15) is 5.65 Å². The van der Waals surface area contributed by atoms with Gasteiger partial charge in [0, 0.05) is 41.5 Å². The van der Waals surface area contributed by atoms with Gasteiger partial charge in [-0.1, -0.05) is 30.3 Å². The fourth-order valence-electron chi connectivity index (χ4n) is 5.03. The second-order valence-electron chi connectivity index (χ2n) is 10.0. The molecule has 3 aromatic heterocycles. The number of sulfone groups is 1. The van der Waals surface area contributed by atoms with Crippen LogP contribution in [0.5, 0.6) is 0 Å². The molecule has 1 atom stereocenters. The van der Waals surface area contributed by atoms with Crippen LogP contribution in [-0.4, -0.2) is 48.9 Å². The van der Waals surface area contributed by atoms with Crippen LogP contribution in [0.2, 0.25) is 0 Å². The summed E-state index contributed by atoms with van der Waals surface area (Å²) >= 11 is 1.49. The van der Waals surface area contributed by atoms with Gasteiger partial charge in [-0.25, -0.2) is 13.4 Å². The lowest BCUT2D eigenvalue weighted by atomic mass is 10.1. The van der Waals surface area contributed by atoms with Crippen molar-refractivity contribution in [1.29, 1.82) is 0 Å². The number of aromatic nitrogens is 3. The second-order valence-corrected chi connectivity index (χ2v) is 12.9. The maximum absolute atomic E-state index is 14.0. The molecule has 1 fully saturated rings. The van der Waals surface area contributed by atoms with Crippen molar-refractivity contribution in [3.63, 3.8) is 0 Å². The van der Waals surface area contributed by atoms with Crippen LogP contribution in [0.3, 0.4) is 0 Å². The Morgan fingerprint density at radius 2 is 1.95 bits per heavy atom. The largest absolute Gasteiger partial charge is 0.371 e. The van der Waals surface area contributed by atoms with Crippen LogP contribution in [0.1, 0.15) is 22.8 Å². The molecule has 9 nitrogen and oxygen atoms in total. The van der Waals surface area contributed by atoms with Crippen LogP contribution >= 0.6 is 11.3 Å². The Labute approximate surface area is 241 Å². The second kappa shape index (κ2) is 11.2. The molecule has 0 radical (unpaired) electrons. The monoisotopic (exact) mass is 587 g/mol. The van der Waals surface area contributed by atoms with Gasteiger partial charge in [-0.15, -0.1) is 11.3 Å². The molecule has 6 rings (SSSR count). The SMILES string of the molecule is Cc1ccsc1-c1cc2cnc(Nc3ccc(C4CNCCO4)cc3)nc2n(Cc2ccccc2S(C)(=O)=O)c1=O. The van der Waals surface area contributed by atoms with Gasteiger partial charge >= 0.3 is 0 Å². The topological polar surface area (TPSA) is 115 Å². The van der Waals surface area contributed by atoms with Crippen LogP contribution < -0.4 is 16.2 Å². The third-order valence-electron chi connectivity index (χ3n) is 7.10. The number of hydrogen-bond acceptors (Lipinski definition) is 9. The van der Waals surface area contributed by atoms with Crippen LogP contribution in [0.25, 0.3) is 21.5 Å². The number of rotatable bonds is 7. The summed E-state index contributed by atoms with van der Waals surface area (Å²) in [4.78, 5) is 24.3. The van der Waals surface area contributed by atoms with E-state index in [9.17, 15) is 13.2 Å². The van der Waals surface area contributed by atoms with E-state index in [1.165, 1.54) is 22.2 Å². The maximum atomic E-state index is 14.0. The van der Waals surface area contributed by atoms with Gasteiger partial charge in [-0.05, 0) is 59.3 Å². The average Bonchev–Trinajstić information content (AvgIpc) is 3.40. The minimum absolute atomic E-state index is 0.0140. The highest BCUT2D eigenvalue weighted by atomic mass is 32.2. The van der Waals surface area contributed by atoms with E-state index in [0.29, 0.717) is 34.7 Å². The van der Waals surface area contributed by atoms with E-state index in [0.717, 1.165) is 34.8 Å². The predicted octanol–water partition coefficient (Wildman–Crippen LogP) is 4.68. The van der Waals surface area contributed by atoms with Crippen molar-refractivity contribution in [2.24, 2.45) is 0 Å². The summed E-state index contributed by atoms with van der Waals surface area (Å²) in [5.41, 5.74) is 4.07. The fourth-order valence-corrected chi connectivity index (χ4v) is 6.90. The molecule has 210 valence electrons. The minimum Gasteiger partial charge on any atom is -0.371 e. The van der Waals surface area contributed by atoms with Gasteiger partial charge in [0.15, 0.2) is 9.84 Å². The first-order valence-electron chi connectivity index (χ1n) is 13.2. The number of morpholine rings is 1. The van der Waals surface area contributed by atoms with Crippen LogP contribution in [0.15, 0.2) is 81.9 Å². The van der Waals surface area contributed by atoms with Crippen molar-refractivity contribution in [1.82, 2.24) is 19.9 Å². The molecule has 5 aromatic rings. The lowest BCUT2D eigenvalue weighted by Crippen LogP contribution is -2.33. The molecular formula is C30H29N5O4S2. The first-order valence-corrected chi connectivity index (χ1v) is 16.0. The Morgan fingerprint density at radius 3 is 2.66 bits per heavy atom. The highest BCUT2D eigenvalue weighted by Crippen LogP contribution is 2.30. The van der Waals surface area contributed by atoms with Crippen molar-refractivity contribution in [2.45, 2.75) is 24.5 Å². The minimum atomic E-state index is -3.51. The van der Waals surface area contributed by atoms with E-state index in [-0.39, 0.29) is 23.1 Å². The molecule has 0 amide bonds. The fraction of sp³-hybridized carbons (Fsp3) is 0.233. The van der Waals surface area contributed by atoms with E-state index >= 15 is 0 Å². The van der Waals surface area contributed by atoms with E-state index in [1.54, 1.807) is 30.5 Å². The highest BCUT2D eigenvalue weighted by Gasteiger charge is 2.20. The Bertz CT molecular complexity index is 1890.